The van der Waals surface area contributed by atoms with Crippen LogP contribution < -0.4 is 10.6 Å². The average molecular weight is 490 g/mol. The summed E-state index contributed by atoms with van der Waals surface area (Å²) < 4.78 is 10.9. The Bertz CT molecular complexity index is 628. The zero-order valence-corrected chi connectivity index (χ0v) is 18.2. The molecule has 144 valence electrons. The fourth-order valence-corrected chi connectivity index (χ4v) is 3.74. The number of nitrogens with one attached hydrogen (secondary N) is 2. The highest BCUT2D eigenvalue weighted by atomic mass is 127. The van der Waals surface area contributed by atoms with Gasteiger partial charge in [0.1, 0.15) is 12.3 Å². The second-order valence-electron chi connectivity index (χ2n) is 5.83. The molecule has 2 aromatic rings. The summed E-state index contributed by atoms with van der Waals surface area (Å²) in [5, 5.41) is 8.93. The van der Waals surface area contributed by atoms with Crippen LogP contribution in [0.15, 0.2) is 45.3 Å². The van der Waals surface area contributed by atoms with Gasteiger partial charge in [-0.1, -0.05) is 6.07 Å². The first kappa shape index (κ1) is 21.2. The number of nitrogens with zero attached hydrogens (tertiary/aromatic N) is 2. The quantitative estimate of drug-likeness (QED) is 0.355. The highest BCUT2D eigenvalue weighted by molar-refractivity contribution is 14.0. The van der Waals surface area contributed by atoms with E-state index in [0.29, 0.717) is 12.6 Å². The third-order valence-corrected chi connectivity index (χ3v) is 5.11. The van der Waals surface area contributed by atoms with Crippen molar-refractivity contribution in [3.63, 3.8) is 0 Å². The van der Waals surface area contributed by atoms with Crippen molar-refractivity contribution >= 4 is 41.3 Å². The molecule has 1 atom stereocenters. The first-order valence-electron chi connectivity index (χ1n) is 8.76. The van der Waals surface area contributed by atoms with Gasteiger partial charge in [-0.05, 0) is 30.5 Å². The van der Waals surface area contributed by atoms with E-state index in [1.807, 2.05) is 12.1 Å². The van der Waals surface area contributed by atoms with Crippen molar-refractivity contribution in [2.75, 3.05) is 39.4 Å². The predicted molar refractivity (Wildman–Crippen MR) is 116 cm³/mol. The van der Waals surface area contributed by atoms with E-state index in [1.54, 1.807) is 17.6 Å². The van der Waals surface area contributed by atoms with Gasteiger partial charge in [0.15, 0.2) is 5.96 Å². The summed E-state index contributed by atoms with van der Waals surface area (Å²) in [7, 11) is 0. The standard InChI is InChI=1S/C18H26N4O2S.HI/c1-2-19-18(20-13-15-5-3-9-24-15)21-14-16(17-6-4-12-25-17)22-7-10-23-11-8-22;/h3-6,9,12,16H,2,7-8,10-11,13-14H2,1H3,(H2,19,20,21);1H. The van der Waals surface area contributed by atoms with E-state index >= 15 is 0 Å². The van der Waals surface area contributed by atoms with Crippen LogP contribution in [0.5, 0.6) is 0 Å². The molecule has 1 aliphatic rings. The fourth-order valence-electron chi connectivity index (χ4n) is 2.87. The molecular formula is C18H27IN4O2S. The Hall–Kier alpha value is -1.10. The van der Waals surface area contributed by atoms with E-state index in [9.17, 15) is 0 Å². The summed E-state index contributed by atoms with van der Waals surface area (Å²) in [5.41, 5.74) is 0. The number of hydrogen-bond donors (Lipinski definition) is 2. The monoisotopic (exact) mass is 490 g/mol. The van der Waals surface area contributed by atoms with E-state index < -0.39 is 0 Å². The first-order valence-corrected chi connectivity index (χ1v) is 9.64. The molecule has 0 bridgehead atoms. The maximum absolute atomic E-state index is 5.51. The van der Waals surface area contributed by atoms with Gasteiger partial charge in [-0.3, -0.25) is 4.90 Å². The van der Waals surface area contributed by atoms with Crippen LogP contribution >= 0.6 is 35.3 Å². The van der Waals surface area contributed by atoms with Crippen molar-refractivity contribution in [2.45, 2.75) is 19.5 Å². The summed E-state index contributed by atoms with van der Waals surface area (Å²) in [6.07, 6.45) is 1.68. The Labute approximate surface area is 176 Å². The van der Waals surface area contributed by atoms with E-state index in [1.165, 1.54) is 4.88 Å². The Morgan fingerprint density at radius 1 is 1.27 bits per heavy atom. The van der Waals surface area contributed by atoms with Crippen molar-refractivity contribution in [2.24, 2.45) is 4.99 Å². The van der Waals surface area contributed by atoms with Crippen LogP contribution in [-0.2, 0) is 11.3 Å². The topological polar surface area (TPSA) is 62.0 Å². The first-order chi connectivity index (χ1) is 12.4. The van der Waals surface area contributed by atoms with Gasteiger partial charge in [0.25, 0.3) is 0 Å². The van der Waals surface area contributed by atoms with E-state index in [-0.39, 0.29) is 24.0 Å². The van der Waals surface area contributed by atoms with Crippen molar-refractivity contribution in [3.05, 3.63) is 46.5 Å². The highest BCUT2D eigenvalue weighted by Gasteiger charge is 2.23. The van der Waals surface area contributed by atoms with Crippen LogP contribution in [0.3, 0.4) is 0 Å². The lowest BCUT2D eigenvalue weighted by Crippen LogP contribution is -2.46. The summed E-state index contributed by atoms with van der Waals surface area (Å²) in [6, 6.07) is 8.48. The number of halogens is 1. The SMILES string of the molecule is CCNC(=NCc1ccco1)NCC(c1cccs1)N1CCOCC1.I. The van der Waals surface area contributed by atoms with Gasteiger partial charge in [-0.25, -0.2) is 4.99 Å². The molecule has 1 unspecified atom stereocenters. The number of furan rings is 1. The molecule has 2 N–H and O–H groups in total. The van der Waals surface area contributed by atoms with Gasteiger partial charge >= 0.3 is 0 Å². The summed E-state index contributed by atoms with van der Waals surface area (Å²) in [4.78, 5) is 8.47. The van der Waals surface area contributed by atoms with Crippen LogP contribution in [0, 0.1) is 0 Å². The molecule has 1 saturated heterocycles. The third-order valence-electron chi connectivity index (χ3n) is 4.14. The van der Waals surface area contributed by atoms with Gasteiger partial charge < -0.3 is 19.8 Å². The second kappa shape index (κ2) is 11.6. The Morgan fingerprint density at radius 3 is 2.77 bits per heavy atom. The van der Waals surface area contributed by atoms with Gasteiger partial charge in [-0.2, -0.15) is 0 Å². The maximum atomic E-state index is 5.51. The third kappa shape index (κ3) is 6.26. The molecule has 1 aliphatic heterocycles. The normalized spacial score (nSPS) is 16.7. The van der Waals surface area contributed by atoms with Gasteiger partial charge in [-0.15, -0.1) is 35.3 Å². The smallest absolute Gasteiger partial charge is 0.191 e. The van der Waals surface area contributed by atoms with Crippen molar-refractivity contribution in [3.8, 4) is 0 Å². The molecule has 1 fully saturated rings. The molecular weight excluding hydrogens is 463 g/mol. The zero-order valence-electron chi connectivity index (χ0n) is 15.0. The van der Waals surface area contributed by atoms with Gasteiger partial charge in [0, 0.05) is 31.1 Å². The van der Waals surface area contributed by atoms with E-state index in [2.05, 4.69) is 45.0 Å². The highest BCUT2D eigenvalue weighted by Crippen LogP contribution is 2.25. The lowest BCUT2D eigenvalue weighted by molar-refractivity contribution is 0.0177. The molecule has 0 saturated carbocycles. The van der Waals surface area contributed by atoms with Crippen LogP contribution in [0.1, 0.15) is 23.6 Å². The second-order valence-corrected chi connectivity index (χ2v) is 6.81. The number of aliphatic imine (C=N–C) groups is 1. The molecule has 0 spiro atoms. The molecule has 0 radical (unpaired) electrons. The zero-order chi connectivity index (χ0) is 17.3. The minimum atomic E-state index is 0. The van der Waals surface area contributed by atoms with Crippen molar-refractivity contribution < 1.29 is 9.15 Å². The van der Waals surface area contributed by atoms with Crippen LogP contribution in [0.4, 0.5) is 0 Å². The number of guanidine groups is 1. The summed E-state index contributed by atoms with van der Waals surface area (Å²) in [6.45, 7) is 7.76. The summed E-state index contributed by atoms with van der Waals surface area (Å²) in [5.74, 6) is 1.67. The van der Waals surface area contributed by atoms with E-state index in [4.69, 9.17) is 9.15 Å². The van der Waals surface area contributed by atoms with Gasteiger partial charge in [0.05, 0.1) is 25.5 Å². The molecule has 0 aromatic carbocycles. The predicted octanol–water partition coefficient (Wildman–Crippen LogP) is 3.09. The van der Waals surface area contributed by atoms with Gasteiger partial charge in [0.2, 0.25) is 0 Å². The Morgan fingerprint density at radius 2 is 2.12 bits per heavy atom. The van der Waals surface area contributed by atoms with E-state index in [0.717, 1.165) is 51.1 Å². The fraction of sp³-hybridized carbons (Fsp3) is 0.500. The summed E-state index contributed by atoms with van der Waals surface area (Å²) >= 11 is 1.80. The number of hydrogen-bond acceptors (Lipinski definition) is 5. The molecule has 2 aromatic heterocycles. The molecule has 0 amide bonds. The number of rotatable bonds is 7. The molecule has 3 rings (SSSR count). The Balaban J connectivity index is 0.00000243. The molecule has 26 heavy (non-hydrogen) atoms. The maximum Gasteiger partial charge on any atom is 0.191 e. The molecule has 8 heteroatoms. The number of ether oxygens (including phenoxy) is 1. The molecule has 3 heterocycles. The average Bonchev–Trinajstić information content (AvgIpc) is 3.35. The molecule has 6 nitrogen and oxygen atoms in total. The van der Waals surface area contributed by atoms with Crippen LogP contribution in [-0.4, -0.2) is 50.3 Å². The lowest BCUT2D eigenvalue weighted by atomic mass is 10.2. The molecule has 0 aliphatic carbocycles. The minimum Gasteiger partial charge on any atom is -0.467 e. The Kier molecular flexibility index (Phi) is 9.44. The van der Waals surface area contributed by atoms with Crippen LogP contribution in [0.2, 0.25) is 0 Å². The van der Waals surface area contributed by atoms with Crippen molar-refractivity contribution in [1.29, 1.82) is 0 Å². The number of morpholine rings is 1. The van der Waals surface area contributed by atoms with Crippen molar-refractivity contribution in [1.82, 2.24) is 15.5 Å². The minimum absolute atomic E-state index is 0. The van der Waals surface area contributed by atoms with Crippen LogP contribution in [0.25, 0.3) is 0 Å². The lowest BCUT2D eigenvalue weighted by Gasteiger charge is -2.34. The number of thiophene rings is 1. The largest absolute Gasteiger partial charge is 0.467 e.